The fraction of sp³-hybridized carbons (Fsp3) is 0.217. The lowest BCUT2D eigenvalue weighted by Gasteiger charge is -2.11. The maximum Gasteiger partial charge on any atom is 0.275 e. The molecule has 162 valence electrons. The molecule has 2 heterocycles. The molecule has 0 spiro atoms. The molecule has 0 unspecified atom stereocenters. The molecule has 0 bridgehead atoms. The molecule has 9 heteroatoms. The van der Waals surface area contributed by atoms with Crippen molar-refractivity contribution < 1.29 is 14.3 Å². The number of aromatic nitrogens is 3. The number of carbonyl (C=O) groups excluding carboxylic acids is 1. The summed E-state index contributed by atoms with van der Waals surface area (Å²) in [5.41, 5.74) is 1.34. The van der Waals surface area contributed by atoms with Crippen LogP contribution in [0.5, 0.6) is 11.5 Å². The zero-order chi connectivity index (χ0) is 22.1. The number of methoxy groups -OCH3 is 1. The van der Waals surface area contributed by atoms with Gasteiger partial charge in [0, 0.05) is 23.7 Å². The first-order chi connectivity index (χ1) is 15.6. The van der Waals surface area contributed by atoms with Gasteiger partial charge in [-0.3, -0.25) is 9.59 Å². The molecule has 1 fully saturated rings. The molecule has 4 aromatic rings. The van der Waals surface area contributed by atoms with Gasteiger partial charge in [0.1, 0.15) is 23.1 Å². The second-order valence-electron chi connectivity index (χ2n) is 7.47. The summed E-state index contributed by atoms with van der Waals surface area (Å²) < 4.78 is 12.4. The SMILES string of the molecule is COc1ccccc1C(=O)Nc1cccc(OCc2cc(=O)n3nc(C4CC4)sc3n2)c1. The van der Waals surface area contributed by atoms with E-state index in [2.05, 4.69) is 15.4 Å². The van der Waals surface area contributed by atoms with E-state index in [1.807, 2.05) is 0 Å². The van der Waals surface area contributed by atoms with Crippen LogP contribution in [-0.2, 0) is 6.61 Å². The van der Waals surface area contributed by atoms with Gasteiger partial charge in [0.25, 0.3) is 11.5 Å². The molecule has 2 aromatic heterocycles. The van der Waals surface area contributed by atoms with Gasteiger partial charge in [0.15, 0.2) is 0 Å². The maximum atomic E-state index is 12.6. The number of hydrogen-bond donors (Lipinski definition) is 1. The van der Waals surface area contributed by atoms with Crippen molar-refractivity contribution in [2.45, 2.75) is 25.4 Å². The molecule has 1 aliphatic carbocycles. The first-order valence-corrected chi connectivity index (χ1v) is 11.0. The van der Waals surface area contributed by atoms with Crippen LogP contribution in [0.2, 0.25) is 0 Å². The summed E-state index contributed by atoms with van der Waals surface area (Å²) in [6.07, 6.45) is 2.24. The van der Waals surface area contributed by atoms with Crippen LogP contribution in [0.15, 0.2) is 59.4 Å². The fourth-order valence-corrected chi connectivity index (χ4v) is 4.38. The molecule has 32 heavy (non-hydrogen) atoms. The van der Waals surface area contributed by atoms with Crippen LogP contribution in [-0.4, -0.2) is 27.6 Å². The third-order valence-corrected chi connectivity index (χ3v) is 6.14. The molecule has 0 saturated heterocycles. The van der Waals surface area contributed by atoms with Crippen molar-refractivity contribution in [3.63, 3.8) is 0 Å². The Morgan fingerprint density at radius 2 is 2.03 bits per heavy atom. The number of hydrogen-bond acceptors (Lipinski definition) is 7. The average Bonchev–Trinajstić information content (AvgIpc) is 3.57. The van der Waals surface area contributed by atoms with Crippen LogP contribution in [0.4, 0.5) is 5.69 Å². The molecule has 0 radical (unpaired) electrons. The van der Waals surface area contributed by atoms with E-state index in [9.17, 15) is 9.59 Å². The number of ether oxygens (including phenoxy) is 2. The highest BCUT2D eigenvalue weighted by Crippen LogP contribution is 2.41. The van der Waals surface area contributed by atoms with Crippen LogP contribution < -0.4 is 20.3 Å². The number of amides is 1. The molecule has 2 aromatic carbocycles. The summed E-state index contributed by atoms with van der Waals surface area (Å²) in [6.45, 7) is 0.131. The summed E-state index contributed by atoms with van der Waals surface area (Å²) in [6, 6.07) is 15.5. The predicted octanol–water partition coefficient (Wildman–Crippen LogP) is 3.87. The Morgan fingerprint density at radius 3 is 2.84 bits per heavy atom. The first-order valence-electron chi connectivity index (χ1n) is 10.2. The van der Waals surface area contributed by atoms with Gasteiger partial charge in [-0.25, -0.2) is 4.98 Å². The summed E-state index contributed by atoms with van der Waals surface area (Å²) in [5, 5.41) is 8.19. The minimum atomic E-state index is -0.281. The largest absolute Gasteiger partial charge is 0.496 e. The van der Waals surface area contributed by atoms with E-state index in [1.54, 1.807) is 48.5 Å². The monoisotopic (exact) mass is 448 g/mol. The van der Waals surface area contributed by atoms with Gasteiger partial charge in [-0.15, -0.1) is 0 Å². The number of carbonyl (C=O) groups is 1. The molecule has 1 amide bonds. The second-order valence-corrected chi connectivity index (χ2v) is 8.45. The highest BCUT2D eigenvalue weighted by atomic mass is 32.1. The lowest BCUT2D eigenvalue weighted by Crippen LogP contribution is -2.16. The van der Waals surface area contributed by atoms with Crippen molar-refractivity contribution in [2.24, 2.45) is 0 Å². The van der Waals surface area contributed by atoms with Gasteiger partial charge in [-0.2, -0.15) is 9.61 Å². The second kappa shape index (κ2) is 8.43. The molecule has 0 atom stereocenters. The zero-order valence-corrected chi connectivity index (χ0v) is 18.1. The number of rotatable bonds is 7. The standard InChI is InChI=1S/C23H20N4O4S/c1-30-19-8-3-2-7-18(19)21(29)24-15-5-4-6-17(11-15)31-13-16-12-20(28)27-23(25-16)32-22(26-27)14-9-10-14/h2-8,11-12,14H,9-10,13H2,1H3,(H,24,29). The number of para-hydroxylation sites is 1. The van der Waals surface area contributed by atoms with Crippen molar-refractivity contribution in [1.82, 2.24) is 14.6 Å². The summed E-state index contributed by atoms with van der Waals surface area (Å²) >= 11 is 1.46. The topological polar surface area (TPSA) is 94.8 Å². The van der Waals surface area contributed by atoms with Gasteiger partial charge in [-0.05, 0) is 37.1 Å². The minimum absolute atomic E-state index is 0.131. The molecule has 8 nitrogen and oxygen atoms in total. The molecule has 5 rings (SSSR count). The smallest absolute Gasteiger partial charge is 0.275 e. The number of nitrogens with zero attached hydrogens (tertiary/aromatic N) is 3. The zero-order valence-electron chi connectivity index (χ0n) is 17.3. The first kappa shape index (κ1) is 20.2. The Kier molecular flexibility index (Phi) is 5.32. The quantitative estimate of drug-likeness (QED) is 0.461. The Bertz CT molecular complexity index is 1360. The third kappa shape index (κ3) is 4.19. The molecular formula is C23H20N4O4S. The van der Waals surface area contributed by atoms with Crippen LogP contribution in [0, 0.1) is 0 Å². The number of anilines is 1. The van der Waals surface area contributed by atoms with Gasteiger partial charge < -0.3 is 14.8 Å². The lowest BCUT2D eigenvalue weighted by molar-refractivity contribution is 0.102. The molecule has 1 N–H and O–H groups in total. The minimum Gasteiger partial charge on any atom is -0.496 e. The van der Waals surface area contributed by atoms with Crippen molar-refractivity contribution >= 4 is 27.9 Å². The summed E-state index contributed by atoms with van der Waals surface area (Å²) in [7, 11) is 1.52. The Hall–Kier alpha value is -3.72. The molecule has 1 saturated carbocycles. The highest BCUT2D eigenvalue weighted by molar-refractivity contribution is 7.16. The number of fused-ring (bicyclic) bond motifs is 1. The van der Waals surface area contributed by atoms with Crippen LogP contribution >= 0.6 is 11.3 Å². The van der Waals surface area contributed by atoms with E-state index >= 15 is 0 Å². The van der Waals surface area contributed by atoms with Crippen molar-refractivity contribution in [3.8, 4) is 11.5 Å². The Balaban J connectivity index is 1.29. The van der Waals surface area contributed by atoms with E-state index in [0.29, 0.717) is 39.3 Å². The van der Waals surface area contributed by atoms with Crippen LogP contribution in [0.3, 0.4) is 0 Å². The Labute approximate surface area is 187 Å². The number of benzene rings is 2. The van der Waals surface area contributed by atoms with E-state index in [-0.39, 0.29) is 18.1 Å². The van der Waals surface area contributed by atoms with Crippen LogP contribution in [0.25, 0.3) is 4.96 Å². The molecule has 0 aliphatic heterocycles. The lowest BCUT2D eigenvalue weighted by atomic mass is 10.2. The normalized spacial score (nSPS) is 13.2. The van der Waals surface area contributed by atoms with Gasteiger partial charge in [-0.1, -0.05) is 29.5 Å². The maximum absolute atomic E-state index is 12.6. The van der Waals surface area contributed by atoms with E-state index in [4.69, 9.17) is 9.47 Å². The highest BCUT2D eigenvalue weighted by Gasteiger charge is 2.28. The molecular weight excluding hydrogens is 428 g/mol. The molecule has 1 aliphatic rings. The summed E-state index contributed by atoms with van der Waals surface area (Å²) in [5.74, 6) is 1.23. The predicted molar refractivity (Wildman–Crippen MR) is 121 cm³/mol. The number of nitrogens with one attached hydrogen (secondary N) is 1. The van der Waals surface area contributed by atoms with Crippen LogP contribution in [0.1, 0.15) is 39.8 Å². The Morgan fingerprint density at radius 1 is 1.19 bits per heavy atom. The fourth-order valence-electron chi connectivity index (χ4n) is 3.29. The van der Waals surface area contributed by atoms with Gasteiger partial charge in [0.2, 0.25) is 4.96 Å². The van der Waals surface area contributed by atoms with E-state index in [0.717, 1.165) is 17.8 Å². The van der Waals surface area contributed by atoms with E-state index in [1.165, 1.54) is 29.0 Å². The third-order valence-electron chi connectivity index (χ3n) is 5.07. The van der Waals surface area contributed by atoms with Crippen molar-refractivity contribution in [1.29, 1.82) is 0 Å². The van der Waals surface area contributed by atoms with Gasteiger partial charge in [0.05, 0.1) is 18.4 Å². The van der Waals surface area contributed by atoms with Crippen molar-refractivity contribution in [3.05, 3.63) is 81.2 Å². The van der Waals surface area contributed by atoms with E-state index < -0.39 is 0 Å². The van der Waals surface area contributed by atoms with Crippen molar-refractivity contribution in [2.75, 3.05) is 12.4 Å². The van der Waals surface area contributed by atoms with Gasteiger partial charge >= 0.3 is 0 Å². The average molecular weight is 449 g/mol. The summed E-state index contributed by atoms with van der Waals surface area (Å²) in [4.78, 5) is 30.1.